The van der Waals surface area contributed by atoms with Crippen LogP contribution in [0.25, 0.3) is 0 Å². The van der Waals surface area contributed by atoms with Crippen LogP contribution in [-0.4, -0.2) is 18.6 Å². The number of Topliss-reactive ketones (excluding diaryl/α,β-unsaturated/α-hetero) is 1. The molecule has 0 aliphatic rings. The zero-order chi connectivity index (χ0) is 16.8. The van der Waals surface area contributed by atoms with Gasteiger partial charge in [-0.25, -0.2) is 0 Å². The van der Waals surface area contributed by atoms with Crippen molar-refractivity contribution < 1.29 is 14.4 Å². The molecule has 0 spiro atoms. The van der Waals surface area contributed by atoms with Crippen LogP contribution in [0.5, 0.6) is 5.75 Å². The predicted molar refractivity (Wildman–Crippen MR) is 90.9 cm³/mol. The van der Waals surface area contributed by atoms with Gasteiger partial charge in [0.15, 0.2) is 11.5 Å². The van der Waals surface area contributed by atoms with E-state index in [9.17, 15) is 4.79 Å². The van der Waals surface area contributed by atoms with Gasteiger partial charge in [0.1, 0.15) is 19.5 Å². The Kier molecular flexibility index (Phi) is 5.52. The van der Waals surface area contributed by atoms with Gasteiger partial charge in [0.25, 0.3) is 0 Å². The summed E-state index contributed by atoms with van der Waals surface area (Å²) in [5, 5.41) is 3.85. The molecular formula is C19H21NO3. The average molecular weight is 311 g/mol. The molecule has 0 aliphatic carbocycles. The van der Waals surface area contributed by atoms with Crippen molar-refractivity contribution in [3.05, 3.63) is 64.7 Å². The van der Waals surface area contributed by atoms with Gasteiger partial charge in [0.05, 0.1) is 0 Å². The molecule has 0 saturated heterocycles. The molecule has 0 aliphatic heterocycles. The van der Waals surface area contributed by atoms with Gasteiger partial charge in [-0.2, -0.15) is 0 Å². The lowest BCUT2D eigenvalue weighted by atomic mass is 10.0. The van der Waals surface area contributed by atoms with Gasteiger partial charge in [-0.05, 0) is 36.6 Å². The van der Waals surface area contributed by atoms with Crippen LogP contribution in [-0.2, 0) is 16.2 Å². The minimum Gasteiger partial charge on any atom is -0.489 e. The number of carbonyl (C=O) groups is 1. The molecule has 2 rings (SSSR count). The molecule has 4 heteroatoms. The third-order valence-corrected chi connectivity index (χ3v) is 3.52. The maximum atomic E-state index is 11.8. The standard InChI is InChI=1S/C19H21NO3/c1-13-9-10-14(2)18(11-13)23-12-16-7-5-6-8-17(16)19(15(3)21)20-22-4/h5-11H,12H2,1-4H3/b20-19+. The van der Waals surface area contributed by atoms with E-state index in [0.717, 1.165) is 28.0 Å². The first kappa shape index (κ1) is 16.7. The number of aryl methyl sites for hydroxylation is 2. The molecule has 23 heavy (non-hydrogen) atoms. The van der Waals surface area contributed by atoms with Crippen molar-refractivity contribution in [1.29, 1.82) is 0 Å². The first-order valence-corrected chi connectivity index (χ1v) is 7.43. The van der Waals surface area contributed by atoms with Crippen LogP contribution in [0.1, 0.15) is 29.2 Å². The number of benzene rings is 2. The van der Waals surface area contributed by atoms with Gasteiger partial charge in [-0.15, -0.1) is 0 Å². The molecule has 2 aromatic carbocycles. The number of hydrogen-bond acceptors (Lipinski definition) is 4. The Labute approximate surface area is 136 Å². The van der Waals surface area contributed by atoms with E-state index in [0.29, 0.717) is 12.3 Å². The second-order valence-electron chi connectivity index (χ2n) is 5.39. The summed E-state index contributed by atoms with van der Waals surface area (Å²) in [7, 11) is 1.43. The normalized spacial score (nSPS) is 11.2. The molecule has 0 amide bonds. The highest BCUT2D eigenvalue weighted by molar-refractivity contribution is 6.45. The fourth-order valence-corrected chi connectivity index (χ4v) is 2.29. The highest BCUT2D eigenvalue weighted by atomic mass is 16.6. The van der Waals surface area contributed by atoms with Crippen molar-refractivity contribution in [3.8, 4) is 5.75 Å². The van der Waals surface area contributed by atoms with E-state index in [1.54, 1.807) is 0 Å². The highest BCUT2D eigenvalue weighted by Crippen LogP contribution is 2.21. The molecule has 0 fully saturated rings. The van der Waals surface area contributed by atoms with E-state index in [-0.39, 0.29) is 5.78 Å². The Hall–Kier alpha value is -2.62. The lowest BCUT2D eigenvalue weighted by molar-refractivity contribution is -0.111. The molecule has 0 N–H and O–H groups in total. The number of rotatable bonds is 6. The molecule has 0 aromatic heterocycles. The van der Waals surface area contributed by atoms with Crippen LogP contribution >= 0.6 is 0 Å². The van der Waals surface area contributed by atoms with E-state index in [2.05, 4.69) is 11.2 Å². The van der Waals surface area contributed by atoms with E-state index < -0.39 is 0 Å². The van der Waals surface area contributed by atoms with E-state index in [4.69, 9.17) is 9.57 Å². The van der Waals surface area contributed by atoms with Gasteiger partial charge in [0.2, 0.25) is 0 Å². The minimum absolute atomic E-state index is 0.147. The van der Waals surface area contributed by atoms with Crippen molar-refractivity contribution >= 4 is 11.5 Å². The quantitative estimate of drug-likeness (QED) is 0.602. The Balaban J connectivity index is 2.29. The lowest BCUT2D eigenvalue weighted by Crippen LogP contribution is -2.15. The second-order valence-corrected chi connectivity index (χ2v) is 5.39. The number of oxime groups is 1. The third-order valence-electron chi connectivity index (χ3n) is 3.52. The topological polar surface area (TPSA) is 47.9 Å². The summed E-state index contributed by atoms with van der Waals surface area (Å²) < 4.78 is 5.95. The predicted octanol–water partition coefficient (Wildman–Crippen LogP) is 3.82. The first-order valence-electron chi connectivity index (χ1n) is 7.43. The summed E-state index contributed by atoms with van der Waals surface area (Å²) in [5.74, 6) is 0.693. The molecule has 2 aromatic rings. The molecule has 0 radical (unpaired) electrons. The van der Waals surface area contributed by atoms with E-state index in [1.165, 1.54) is 14.0 Å². The average Bonchev–Trinajstić information content (AvgIpc) is 2.53. The summed E-state index contributed by atoms with van der Waals surface area (Å²) in [6.45, 7) is 5.87. The van der Waals surface area contributed by atoms with Crippen LogP contribution in [0.4, 0.5) is 0 Å². The molecule has 0 bridgehead atoms. The second kappa shape index (κ2) is 7.58. The third kappa shape index (κ3) is 4.19. The van der Waals surface area contributed by atoms with Gasteiger partial charge < -0.3 is 9.57 Å². The van der Waals surface area contributed by atoms with Gasteiger partial charge in [-0.3, -0.25) is 4.79 Å². The van der Waals surface area contributed by atoms with Crippen LogP contribution in [0.3, 0.4) is 0 Å². The Morgan fingerprint density at radius 2 is 1.87 bits per heavy atom. The number of hydrogen-bond donors (Lipinski definition) is 0. The largest absolute Gasteiger partial charge is 0.489 e. The number of ether oxygens (including phenoxy) is 1. The summed E-state index contributed by atoms with van der Waals surface area (Å²) >= 11 is 0. The Morgan fingerprint density at radius 1 is 1.13 bits per heavy atom. The molecule has 4 nitrogen and oxygen atoms in total. The Morgan fingerprint density at radius 3 is 2.57 bits per heavy atom. The van der Waals surface area contributed by atoms with Crippen molar-refractivity contribution in [3.63, 3.8) is 0 Å². The molecule has 0 unspecified atom stereocenters. The van der Waals surface area contributed by atoms with Crippen molar-refractivity contribution in [2.75, 3.05) is 7.11 Å². The van der Waals surface area contributed by atoms with E-state index in [1.807, 2.05) is 50.2 Å². The molecule has 0 saturated carbocycles. The maximum Gasteiger partial charge on any atom is 0.182 e. The SMILES string of the molecule is CO/N=C(\C(C)=O)c1ccccc1COc1cc(C)ccc1C. The zero-order valence-corrected chi connectivity index (χ0v) is 13.9. The zero-order valence-electron chi connectivity index (χ0n) is 13.9. The molecule has 0 heterocycles. The smallest absolute Gasteiger partial charge is 0.182 e. The summed E-state index contributed by atoms with van der Waals surface area (Å²) in [4.78, 5) is 16.6. The fourth-order valence-electron chi connectivity index (χ4n) is 2.29. The summed E-state index contributed by atoms with van der Waals surface area (Å²) in [5.41, 5.74) is 4.13. The van der Waals surface area contributed by atoms with Crippen molar-refractivity contribution in [2.45, 2.75) is 27.4 Å². The number of nitrogens with zero attached hydrogens (tertiary/aromatic N) is 1. The van der Waals surface area contributed by atoms with Crippen LogP contribution in [0, 0.1) is 13.8 Å². The van der Waals surface area contributed by atoms with E-state index >= 15 is 0 Å². The summed E-state index contributed by atoms with van der Waals surface area (Å²) in [6.07, 6.45) is 0. The maximum absolute atomic E-state index is 11.8. The monoisotopic (exact) mass is 311 g/mol. The fraction of sp³-hybridized carbons (Fsp3) is 0.263. The molecule has 120 valence electrons. The minimum atomic E-state index is -0.147. The van der Waals surface area contributed by atoms with Crippen LogP contribution in [0.2, 0.25) is 0 Å². The molecular weight excluding hydrogens is 290 g/mol. The number of carbonyl (C=O) groups excluding carboxylic acids is 1. The lowest BCUT2D eigenvalue weighted by Gasteiger charge is -2.13. The first-order chi connectivity index (χ1) is 11.0. The van der Waals surface area contributed by atoms with Crippen molar-refractivity contribution in [2.24, 2.45) is 5.16 Å². The van der Waals surface area contributed by atoms with Crippen LogP contribution < -0.4 is 4.74 Å². The van der Waals surface area contributed by atoms with Gasteiger partial charge in [0, 0.05) is 12.5 Å². The van der Waals surface area contributed by atoms with Gasteiger partial charge in [-0.1, -0.05) is 41.6 Å². The highest BCUT2D eigenvalue weighted by Gasteiger charge is 2.15. The number of ketones is 1. The van der Waals surface area contributed by atoms with Crippen molar-refractivity contribution in [1.82, 2.24) is 0 Å². The molecule has 0 atom stereocenters. The Bertz CT molecular complexity index is 735. The van der Waals surface area contributed by atoms with Gasteiger partial charge >= 0.3 is 0 Å². The van der Waals surface area contributed by atoms with Crippen LogP contribution in [0.15, 0.2) is 47.6 Å². The summed E-state index contributed by atoms with van der Waals surface area (Å²) in [6, 6.07) is 13.6.